The predicted molar refractivity (Wildman–Crippen MR) is 85.7 cm³/mol. The number of thioether (sulfide) groups is 1. The van der Waals surface area contributed by atoms with Gasteiger partial charge in [-0.3, -0.25) is 4.79 Å². The lowest BCUT2D eigenvalue weighted by Crippen LogP contribution is -2.51. The van der Waals surface area contributed by atoms with Gasteiger partial charge in [0.15, 0.2) is 0 Å². The molecule has 4 nitrogen and oxygen atoms in total. The summed E-state index contributed by atoms with van der Waals surface area (Å²) in [6.07, 6.45) is 0.666. The molecule has 0 fully saturated rings. The second-order valence-electron chi connectivity index (χ2n) is 5.38. The highest BCUT2D eigenvalue weighted by Gasteiger charge is 2.32. The fourth-order valence-corrected chi connectivity index (χ4v) is 2.68. The number of carbonyl (C=O) groups is 2. The third kappa shape index (κ3) is 5.08. The van der Waals surface area contributed by atoms with E-state index in [1.807, 2.05) is 6.07 Å². The number of hydrogen-bond acceptors (Lipinski definition) is 3. The van der Waals surface area contributed by atoms with Crippen LogP contribution in [0.1, 0.15) is 37.8 Å². The van der Waals surface area contributed by atoms with Gasteiger partial charge in [0.25, 0.3) is 0 Å². The first-order valence-electron chi connectivity index (χ1n) is 7.03. The van der Waals surface area contributed by atoms with E-state index in [4.69, 9.17) is 5.11 Å². The van der Waals surface area contributed by atoms with Gasteiger partial charge in [0.1, 0.15) is 5.54 Å². The maximum absolute atomic E-state index is 11.8. The molecule has 1 atom stereocenters. The van der Waals surface area contributed by atoms with Crippen LogP contribution in [0.15, 0.2) is 23.1 Å². The van der Waals surface area contributed by atoms with E-state index in [0.29, 0.717) is 18.6 Å². The van der Waals surface area contributed by atoms with Gasteiger partial charge in [-0.15, -0.1) is 11.8 Å². The molecule has 0 radical (unpaired) electrons. The number of aliphatic carboxylic acids is 1. The highest BCUT2D eigenvalue weighted by molar-refractivity contribution is 7.99. The lowest BCUT2D eigenvalue weighted by atomic mass is 9.99. The molecule has 1 aromatic rings. The zero-order valence-electron chi connectivity index (χ0n) is 13.0. The first-order valence-corrected chi connectivity index (χ1v) is 8.01. The Hall–Kier alpha value is -1.49. The number of aryl methyl sites for hydroxylation is 2. The Morgan fingerprint density at radius 2 is 1.95 bits per heavy atom. The SMILES string of the molecule is CCC(C)(NC(=O)CCSc1ccc(C)c(C)c1)C(=O)O. The molecule has 1 unspecified atom stereocenters. The molecule has 2 N–H and O–H groups in total. The monoisotopic (exact) mass is 309 g/mol. The van der Waals surface area contributed by atoms with Gasteiger partial charge in [-0.25, -0.2) is 4.79 Å². The van der Waals surface area contributed by atoms with Crippen molar-refractivity contribution in [1.29, 1.82) is 0 Å². The van der Waals surface area contributed by atoms with Crippen LogP contribution in [0.3, 0.4) is 0 Å². The summed E-state index contributed by atoms with van der Waals surface area (Å²) in [5, 5.41) is 11.7. The Kier molecular flexibility index (Phi) is 6.27. The molecule has 0 spiro atoms. The molecule has 0 bridgehead atoms. The minimum Gasteiger partial charge on any atom is -0.480 e. The van der Waals surface area contributed by atoms with Crippen LogP contribution in [0, 0.1) is 13.8 Å². The number of hydrogen-bond donors (Lipinski definition) is 2. The summed E-state index contributed by atoms with van der Waals surface area (Å²) >= 11 is 1.61. The van der Waals surface area contributed by atoms with Gasteiger partial charge in [0, 0.05) is 17.1 Å². The molecule has 1 amide bonds. The molecule has 0 aliphatic carbocycles. The van der Waals surface area contributed by atoms with E-state index in [-0.39, 0.29) is 5.91 Å². The lowest BCUT2D eigenvalue weighted by molar-refractivity contribution is -0.146. The lowest BCUT2D eigenvalue weighted by Gasteiger charge is -2.24. The van der Waals surface area contributed by atoms with Crippen LogP contribution in [0.4, 0.5) is 0 Å². The molecule has 5 heteroatoms. The zero-order chi connectivity index (χ0) is 16.0. The standard InChI is InChI=1S/C16H23NO3S/c1-5-16(4,15(19)20)17-14(18)8-9-21-13-7-6-11(2)12(3)10-13/h6-7,10H,5,8-9H2,1-4H3,(H,17,18)(H,19,20). The molecule has 116 valence electrons. The number of rotatable bonds is 7. The maximum atomic E-state index is 11.8. The average Bonchev–Trinajstić information content (AvgIpc) is 2.42. The van der Waals surface area contributed by atoms with E-state index in [1.165, 1.54) is 18.1 Å². The number of benzene rings is 1. The first kappa shape index (κ1) is 17.6. The number of nitrogens with one attached hydrogen (secondary N) is 1. The molecule has 0 heterocycles. The molecule has 1 rings (SSSR count). The smallest absolute Gasteiger partial charge is 0.329 e. The quantitative estimate of drug-likeness (QED) is 0.759. The summed E-state index contributed by atoms with van der Waals surface area (Å²) in [7, 11) is 0. The second kappa shape index (κ2) is 7.50. The Bertz CT molecular complexity index is 530. The highest BCUT2D eigenvalue weighted by Crippen LogP contribution is 2.21. The summed E-state index contributed by atoms with van der Waals surface area (Å²) < 4.78 is 0. The van der Waals surface area contributed by atoms with Gasteiger partial charge in [0.05, 0.1) is 0 Å². The summed E-state index contributed by atoms with van der Waals surface area (Å²) in [6.45, 7) is 7.41. The molecule has 0 aromatic heterocycles. The minimum atomic E-state index is -1.18. The molecule has 1 aromatic carbocycles. The number of carboxylic acids is 1. The number of amides is 1. The largest absolute Gasteiger partial charge is 0.480 e. The fourth-order valence-electron chi connectivity index (χ4n) is 1.73. The molecular formula is C16H23NO3S. The Morgan fingerprint density at radius 3 is 2.48 bits per heavy atom. The van der Waals surface area contributed by atoms with E-state index in [0.717, 1.165) is 4.90 Å². The Labute approximate surface area is 130 Å². The third-order valence-corrected chi connectivity index (χ3v) is 4.67. The fraction of sp³-hybridized carbons (Fsp3) is 0.500. The summed E-state index contributed by atoms with van der Waals surface area (Å²) in [4.78, 5) is 24.1. The van der Waals surface area contributed by atoms with Crippen LogP contribution in [0.2, 0.25) is 0 Å². The number of carboxylic acid groups (broad SMARTS) is 1. The van der Waals surface area contributed by atoms with Crippen molar-refractivity contribution >= 4 is 23.6 Å². The maximum Gasteiger partial charge on any atom is 0.329 e. The Balaban J connectivity index is 2.46. The van der Waals surface area contributed by atoms with Gasteiger partial charge in [0.2, 0.25) is 5.91 Å². The van der Waals surface area contributed by atoms with Crippen LogP contribution < -0.4 is 5.32 Å². The van der Waals surface area contributed by atoms with Crippen molar-refractivity contribution in [2.75, 3.05) is 5.75 Å². The molecule has 0 saturated heterocycles. The minimum absolute atomic E-state index is 0.224. The van der Waals surface area contributed by atoms with Crippen molar-refractivity contribution in [2.45, 2.75) is 51.0 Å². The molecule has 21 heavy (non-hydrogen) atoms. The van der Waals surface area contributed by atoms with Crippen molar-refractivity contribution in [3.8, 4) is 0 Å². The van der Waals surface area contributed by atoms with Gasteiger partial charge in [-0.2, -0.15) is 0 Å². The van der Waals surface area contributed by atoms with Crippen molar-refractivity contribution in [3.05, 3.63) is 29.3 Å². The molecule has 0 aliphatic heterocycles. The zero-order valence-corrected chi connectivity index (χ0v) is 13.8. The van der Waals surface area contributed by atoms with Crippen LogP contribution in [0.25, 0.3) is 0 Å². The van der Waals surface area contributed by atoms with E-state index >= 15 is 0 Å². The van der Waals surface area contributed by atoms with Crippen LogP contribution in [-0.2, 0) is 9.59 Å². The molecule has 0 saturated carbocycles. The Morgan fingerprint density at radius 1 is 1.29 bits per heavy atom. The number of carbonyl (C=O) groups excluding carboxylic acids is 1. The average molecular weight is 309 g/mol. The molecular weight excluding hydrogens is 286 g/mol. The highest BCUT2D eigenvalue weighted by atomic mass is 32.2. The van der Waals surface area contributed by atoms with Gasteiger partial charge in [-0.05, 0) is 50.5 Å². The first-order chi connectivity index (χ1) is 9.78. The van der Waals surface area contributed by atoms with Crippen molar-refractivity contribution in [1.82, 2.24) is 5.32 Å². The van der Waals surface area contributed by atoms with Crippen molar-refractivity contribution in [2.24, 2.45) is 0 Å². The molecule has 0 aliphatic rings. The van der Waals surface area contributed by atoms with Crippen molar-refractivity contribution in [3.63, 3.8) is 0 Å². The third-order valence-electron chi connectivity index (χ3n) is 3.67. The van der Waals surface area contributed by atoms with Gasteiger partial charge < -0.3 is 10.4 Å². The van der Waals surface area contributed by atoms with E-state index in [9.17, 15) is 9.59 Å². The van der Waals surface area contributed by atoms with Crippen LogP contribution in [0.5, 0.6) is 0 Å². The summed E-state index contributed by atoms with van der Waals surface area (Å²) in [5.74, 6) is -0.591. The summed E-state index contributed by atoms with van der Waals surface area (Å²) in [5.41, 5.74) is 1.30. The van der Waals surface area contributed by atoms with Gasteiger partial charge >= 0.3 is 5.97 Å². The summed E-state index contributed by atoms with van der Waals surface area (Å²) in [6, 6.07) is 6.21. The van der Waals surface area contributed by atoms with E-state index < -0.39 is 11.5 Å². The van der Waals surface area contributed by atoms with Crippen molar-refractivity contribution < 1.29 is 14.7 Å². The van der Waals surface area contributed by atoms with Crippen LogP contribution in [-0.4, -0.2) is 28.3 Å². The van der Waals surface area contributed by atoms with E-state index in [1.54, 1.807) is 18.7 Å². The van der Waals surface area contributed by atoms with E-state index in [2.05, 4.69) is 31.3 Å². The second-order valence-corrected chi connectivity index (χ2v) is 6.55. The van der Waals surface area contributed by atoms with Gasteiger partial charge in [-0.1, -0.05) is 13.0 Å². The predicted octanol–water partition coefficient (Wildman–Crippen LogP) is 3.16. The normalized spacial score (nSPS) is 13.5. The topological polar surface area (TPSA) is 66.4 Å². The van der Waals surface area contributed by atoms with Crippen LogP contribution >= 0.6 is 11.8 Å².